The van der Waals surface area contributed by atoms with Crippen LogP contribution in [-0.4, -0.2) is 19.2 Å². The molecule has 0 aromatic carbocycles. The quantitative estimate of drug-likeness (QED) is 0.279. The largest absolute Gasteiger partial charge is 0.463 e. The summed E-state index contributed by atoms with van der Waals surface area (Å²) in [6, 6.07) is 0. The molecule has 0 rings (SSSR count). The Morgan fingerprint density at radius 3 is 1.80 bits per heavy atom. The molecule has 0 aliphatic carbocycles. The van der Waals surface area contributed by atoms with Gasteiger partial charge in [0.25, 0.3) is 0 Å². The molecule has 0 aromatic rings. The van der Waals surface area contributed by atoms with Crippen molar-refractivity contribution in [2.45, 2.75) is 84.0 Å². The Kier molecular flexibility index (Phi) is 15.9. The lowest BCUT2D eigenvalue weighted by molar-refractivity contribution is -0.145. The van der Waals surface area contributed by atoms with Gasteiger partial charge in [-0.25, -0.2) is 5.90 Å². The van der Waals surface area contributed by atoms with Gasteiger partial charge < -0.3 is 9.57 Å². The Morgan fingerprint density at radius 1 is 0.800 bits per heavy atom. The minimum atomic E-state index is -0.141. The number of rotatable bonds is 15. The maximum Gasteiger partial charge on any atom is 0.305 e. The van der Waals surface area contributed by atoms with E-state index in [-0.39, 0.29) is 19.2 Å². The van der Waals surface area contributed by atoms with Crippen LogP contribution in [0.15, 0.2) is 0 Å². The molecule has 120 valence electrons. The predicted octanol–water partition coefficient (Wildman–Crippen LogP) is 4.12. The van der Waals surface area contributed by atoms with Gasteiger partial charge in [-0.3, -0.25) is 4.79 Å². The van der Waals surface area contributed by atoms with Crippen molar-refractivity contribution in [2.75, 3.05) is 13.2 Å². The van der Waals surface area contributed by atoms with Crippen LogP contribution in [0.25, 0.3) is 0 Å². The number of hydrogen-bond donors (Lipinski definition) is 1. The Morgan fingerprint density at radius 2 is 1.30 bits per heavy atom. The van der Waals surface area contributed by atoms with E-state index in [4.69, 9.17) is 10.6 Å². The molecular formula is C16H33NO3. The third kappa shape index (κ3) is 15.4. The Hall–Kier alpha value is -0.610. The highest BCUT2D eigenvalue weighted by Gasteiger charge is 2.02. The molecule has 0 unspecified atom stereocenters. The van der Waals surface area contributed by atoms with Crippen molar-refractivity contribution in [1.82, 2.24) is 0 Å². The lowest BCUT2D eigenvalue weighted by atomic mass is 10.1. The van der Waals surface area contributed by atoms with Crippen LogP contribution < -0.4 is 5.90 Å². The third-order valence-corrected chi connectivity index (χ3v) is 3.45. The van der Waals surface area contributed by atoms with E-state index in [0.717, 1.165) is 12.8 Å². The van der Waals surface area contributed by atoms with Crippen LogP contribution in [0.1, 0.15) is 84.0 Å². The van der Waals surface area contributed by atoms with Gasteiger partial charge in [-0.15, -0.1) is 0 Å². The molecule has 0 saturated carbocycles. The summed E-state index contributed by atoms with van der Waals surface area (Å²) in [7, 11) is 0. The number of hydrogen-bond acceptors (Lipinski definition) is 4. The van der Waals surface area contributed by atoms with Crippen molar-refractivity contribution < 1.29 is 14.4 Å². The van der Waals surface area contributed by atoms with Crippen molar-refractivity contribution in [2.24, 2.45) is 5.90 Å². The van der Waals surface area contributed by atoms with E-state index < -0.39 is 0 Å². The van der Waals surface area contributed by atoms with Crippen LogP contribution >= 0.6 is 0 Å². The minimum absolute atomic E-state index is 0.141. The van der Waals surface area contributed by atoms with E-state index in [0.29, 0.717) is 6.42 Å². The van der Waals surface area contributed by atoms with Gasteiger partial charge in [0.1, 0.15) is 13.2 Å². The smallest absolute Gasteiger partial charge is 0.305 e. The fourth-order valence-corrected chi connectivity index (χ4v) is 2.21. The van der Waals surface area contributed by atoms with E-state index in [1.165, 1.54) is 57.8 Å². The maximum absolute atomic E-state index is 11.3. The van der Waals surface area contributed by atoms with Gasteiger partial charge in [-0.1, -0.05) is 71.1 Å². The van der Waals surface area contributed by atoms with Crippen molar-refractivity contribution in [1.29, 1.82) is 0 Å². The summed E-state index contributed by atoms with van der Waals surface area (Å²) in [4.78, 5) is 15.6. The van der Waals surface area contributed by atoms with E-state index in [1.807, 2.05) is 0 Å². The number of carbonyl (C=O) groups excluding carboxylic acids is 1. The summed E-state index contributed by atoms with van der Waals surface area (Å²) in [5.74, 6) is 4.70. The fraction of sp³-hybridized carbons (Fsp3) is 0.938. The highest BCUT2D eigenvalue weighted by molar-refractivity contribution is 5.69. The summed E-state index contributed by atoms with van der Waals surface area (Å²) < 4.78 is 4.93. The number of ether oxygens (including phenoxy) is 1. The second-order valence-electron chi connectivity index (χ2n) is 5.38. The average Bonchev–Trinajstić information content (AvgIpc) is 2.45. The summed E-state index contributed by atoms with van der Waals surface area (Å²) >= 11 is 0. The molecule has 0 aliphatic heterocycles. The zero-order chi connectivity index (χ0) is 14.9. The van der Waals surface area contributed by atoms with Gasteiger partial charge in [0, 0.05) is 6.42 Å². The second kappa shape index (κ2) is 16.4. The van der Waals surface area contributed by atoms with Crippen LogP contribution in [0.3, 0.4) is 0 Å². The predicted molar refractivity (Wildman–Crippen MR) is 82.2 cm³/mol. The molecule has 0 atom stereocenters. The number of nitrogens with two attached hydrogens (primary N) is 1. The molecule has 0 radical (unpaired) electrons. The summed E-state index contributed by atoms with van der Waals surface area (Å²) in [6.45, 7) is 2.78. The molecule has 0 amide bonds. The first kappa shape index (κ1) is 19.4. The lowest BCUT2D eigenvalue weighted by Crippen LogP contribution is -2.12. The van der Waals surface area contributed by atoms with Gasteiger partial charge in [0.05, 0.1) is 0 Å². The number of unbranched alkanes of at least 4 members (excludes halogenated alkanes) is 10. The normalized spacial score (nSPS) is 10.7. The number of esters is 1. The molecule has 0 bridgehead atoms. The molecule has 20 heavy (non-hydrogen) atoms. The molecule has 0 aromatic heterocycles. The van der Waals surface area contributed by atoms with Crippen molar-refractivity contribution in [3.05, 3.63) is 0 Å². The molecule has 4 nitrogen and oxygen atoms in total. The SMILES string of the molecule is CCCCCCCCCCCCCC(=O)OCCON. The van der Waals surface area contributed by atoms with Crippen LogP contribution in [0.5, 0.6) is 0 Å². The van der Waals surface area contributed by atoms with Crippen LogP contribution in [0, 0.1) is 0 Å². The highest BCUT2D eigenvalue weighted by atomic mass is 16.6. The Balaban J connectivity index is 3.07. The van der Waals surface area contributed by atoms with E-state index >= 15 is 0 Å². The van der Waals surface area contributed by atoms with Gasteiger partial charge in [0.15, 0.2) is 0 Å². The lowest BCUT2D eigenvalue weighted by Gasteiger charge is -2.04. The molecular weight excluding hydrogens is 254 g/mol. The zero-order valence-corrected chi connectivity index (χ0v) is 13.2. The highest BCUT2D eigenvalue weighted by Crippen LogP contribution is 2.12. The van der Waals surface area contributed by atoms with Crippen LogP contribution in [0.2, 0.25) is 0 Å². The van der Waals surface area contributed by atoms with Gasteiger partial charge in [0.2, 0.25) is 0 Å². The summed E-state index contributed by atoms with van der Waals surface area (Å²) in [5.41, 5.74) is 0. The second-order valence-corrected chi connectivity index (χ2v) is 5.38. The molecule has 0 aliphatic rings. The van der Waals surface area contributed by atoms with Gasteiger partial charge in [-0.2, -0.15) is 0 Å². The Labute approximate surface area is 124 Å². The molecule has 0 heterocycles. The fourth-order valence-electron chi connectivity index (χ4n) is 2.21. The van der Waals surface area contributed by atoms with Crippen LogP contribution in [-0.2, 0) is 14.4 Å². The van der Waals surface area contributed by atoms with Crippen LogP contribution in [0.4, 0.5) is 0 Å². The minimum Gasteiger partial charge on any atom is -0.463 e. The molecule has 0 fully saturated rings. The number of carbonyl (C=O) groups is 1. The topological polar surface area (TPSA) is 61.5 Å². The average molecular weight is 287 g/mol. The first-order valence-corrected chi connectivity index (χ1v) is 8.28. The first-order chi connectivity index (χ1) is 9.81. The summed E-state index contributed by atoms with van der Waals surface area (Å²) in [5, 5.41) is 0. The molecule has 4 heteroatoms. The monoisotopic (exact) mass is 287 g/mol. The maximum atomic E-state index is 11.3. The summed E-state index contributed by atoms with van der Waals surface area (Å²) in [6.07, 6.45) is 14.7. The van der Waals surface area contributed by atoms with E-state index in [9.17, 15) is 4.79 Å². The Bertz CT molecular complexity index is 210. The molecule has 0 spiro atoms. The third-order valence-electron chi connectivity index (χ3n) is 3.45. The molecule has 2 N–H and O–H groups in total. The van der Waals surface area contributed by atoms with Crippen molar-refractivity contribution in [3.8, 4) is 0 Å². The standard InChI is InChI=1S/C16H33NO3/c1-2-3-4-5-6-7-8-9-10-11-12-13-16(18)19-14-15-20-17/h2-15,17H2,1H3. The molecule has 0 saturated heterocycles. The van der Waals surface area contributed by atoms with Gasteiger partial charge >= 0.3 is 5.97 Å². The van der Waals surface area contributed by atoms with Crippen molar-refractivity contribution >= 4 is 5.97 Å². The van der Waals surface area contributed by atoms with E-state index in [2.05, 4.69) is 11.8 Å². The first-order valence-electron chi connectivity index (χ1n) is 8.28. The van der Waals surface area contributed by atoms with Crippen molar-refractivity contribution in [3.63, 3.8) is 0 Å². The van der Waals surface area contributed by atoms with Gasteiger partial charge in [-0.05, 0) is 6.42 Å². The van der Waals surface area contributed by atoms with E-state index in [1.54, 1.807) is 0 Å². The zero-order valence-electron chi connectivity index (χ0n) is 13.2.